The molecule has 0 fully saturated rings. The smallest absolute Gasteiger partial charge is 0.404 e. The molecule has 8 nitrogen and oxygen atoms in total. The monoisotopic (exact) mass is 510 g/mol. The van der Waals surface area contributed by atoms with Crippen LogP contribution in [-0.2, 0) is 14.5 Å². The standard InChI is InChI=1S/C21H22O8P2.2Na/c1-21(2,16-6-4-3-5-7-16)17-8-10-19(11-9-17)28-31(25,26)29-20-14-12-18(13-15-20)27-30(22,23)24;;/h3-15H,1-2H3,(H,25,26)(H2,22,23,24);;/q;2*+1. The molecule has 3 N–H and O–H groups in total. The van der Waals surface area contributed by atoms with Crippen LogP contribution in [0.2, 0.25) is 0 Å². The van der Waals surface area contributed by atoms with Crippen LogP contribution in [0, 0.1) is 0 Å². The van der Waals surface area contributed by atoms with Gasteiger partial charge in [-0.05, 0) is 47.5 Å². The summed E-state index contributed by atoms with van der Waals surface area (Å²) in [5.41, 5.74) is 1.86. The normalized spacial score (nSPS) is 13.0. The molecule has 0 aliphatic rings. The SMILES string of the molecule is CC(C)(c1ccccc1)c1ccc(OP(=O)(O)Oc2ccc(OP(=O)(O)O)cc2)cc1.[Na+].[Na+]. The molecule has 1 unspecified atom stereocenters. The van der Waals surface area contributed by atoms with E-state index in [1.807, 2.05) is 42.5 Å². The Balaban J connectivity index is 0.00000272. The molecule has 0 aliphatic carbocycles. The molecule has 0 aromatic heterocycles. The largest absolute Gasteiger partial charge is 1.00 e. The van der Waals surface area contributed by atoms with E-state index in [1.165, 1.54) is 24.3 Å². The van der Waals surface area contributed by atoms with E-state index < -0.39 is 15.6 Å². The van der Waals surface area contributed by atoms with Gasteiger partial charge in [0.15, 0.2) is 0 Å². The van der Waals surface area contributed by atoms with Crippen LogP contribution in [-0.4, -0.2) is 14.7 Å². The molecular formula is C21H22Na2O8P2+2. The second kappa shape index (κ2) is 12.4. The van der Waals surface area contributed by atoms with Crippen molar-refractivity contribution in [3.63, 3.8) is 0 Å². The van der Waals surface area contributed by atoms with Gasteiger partial charge < -0.3 is 13.6 Å². The Hall–Kier alpha value is -0.600. The molecule has 0 aliphatic heterocycles. The topological polar surface area (TPSA) is 123 Å². The van der Waals surface area contributed by atoms with Gasteiger partial charge in [-0.25, -0.2) is 9.13 Å². The third-order valence-corrected chi connectivity index (χ3v) is 5.89. The average Bonchev–Trinajstić information content (AvgIpc) is 2.69. The predicted molar refractivity (Wildman–Crippen MR) is 115 cm³/mol. The fourth-order valence-electron chi connectivity index (χ4n) is 2.94. The van der Waals surface area contributed by atoms with Crippen molar-refractivity contribution in [2.45, 2.75) is 19.3 Å². The molecule has 3 aromatic rings. The van der Waals surface area contributed by atoms with Crippen LogP contribution in [0.4, 0.5) is 0 Å². The first kappa shape index (κ1) is 30.4. The fraction of sp³-hybridized carbons (Fsp3) is 0.143. The van der Waals surface area contributed by atoms with Crippen LogP contribution in [0.15, 0.2) is 78.9 Å². The maximum absolute atomic E-state index is 12.3. The zero-order valence-electron chi connectivity index (χ0n) is 18.8. The van der Waals surface area contributed by atoms with E-state index in [0.29, 0.717) is 0 Å². The first-order valence-electron chi connectivity index (χ1n) is 9.18. The Bertz CT molecular complexity index is 1120. The minimum Gasteiger partial charge on any atom is -0.404 e. The third-order valence-electron chi connectivity index (χ3n) is 4.56. The van der Waals surface area contributed by atoms with Gasteiger partial charge in [0.1, 0.15) is 17.2 Å². The molecule has 1 atom stereocenters. The Morgan fingerprint density at radius 2 is 0.970 bits per heavy atom. The van der Waals surface area contributed by atoms with E-state index in [4.69, 9.17) is 18.8 Å². The summed E-state index contributed by atoms with van der Waals surface area (Å²) >= 11 is 0. The van der Waals surface area contributed by atoms with Crippen LogP contribution in [0.25, 0.3) is 0 Å². The number of phosphoric acid groups is 2. The van der Waals surface area contributed by atoms with Crippen molar-refractivity contribution < 1.29 is 96.5 Å². The number of rotatable bonds is 8. The van der Waals surface area contributed by atoms with Gasteiger partial charge in [0, 0.05) is 5.41 Å². The summed E-state index contributed by atoms with van der Waals surface area (Å²) in [4.78, 5) is 27.6. The van der Waals surface area contributed by atoms with Gasteiger partial charge in [-0.1, -0.05) is 56.3 Å². The quantitative estimate of drug-likeness (QED) is 0.262. The van der Waals surface area contributed by atoms with E-state index in [9.17, 15) is 14.0 Å². The number of hydrogen-bond acceptors (Lipinski definition) is 5. The molecule has 164 valence electrons. The molecule has 3 aromatic carbocycles. The first-order valence-corrected chi connectivity index (χ1v) is 12.2. The van der Waals surface area contributed by atoms with Crippen molar-refractivity contribution in [1.82, 2.24) is 0 Å². The van der Waals surface area contributed by atoms with E-state index in [-0.39, 0.29) is 81.8 Å². The van der Waals surface area contributed by atoms with Crippen LogP contribution >= 0.6 is 15.6 Å². The summed E-state index contributed by atoms with van der Waals surface area (Å²) in [5.74, 6) is -0.00313. The van der Waals surface area contributed by atoms with Crippen molar-refractivity contribution in [3.8, 4) is 17.2 Å². The van der Waals surface area contributed by atoms with E-state index in [2.05, 4.69) is 18.4 Å². The van der Waals surface area contributed by atoms with Crippen LogP contribution in [0.3, 0.4) is 0 Å². The van der Waals surface area contributed by atoms with Gasteiger partial charge in [0.25, 0.3) is 0 Å². The molecule has 0 radical (unpaired) electrons. The molecule has 3 rings (SSSR count). The Morgan fingerprint density at radius 1 is 0.606 bits per heavy atom. The van der Waals surface area contributed by atoms with Gasteiger partial charge in [0.05, 0.1) is 0 Å². The summed E-state index contributed by atoms with van der Waals surface area (Å²) in [7, 11) is -9.20. The van der Waals surface area contributed by atoms with Gasteiger partial charge in [-0.3, -0.25) is 14.7 Å². The Kier molecular flexibility index (Phi) is 11.4. The second-order valence-electron chi connectivity index (χ2n) is 7.22. The number of benzene rings is 3. The van der Waals surface area contributed by atoms with Gasteiger partial charge in [-0.2, -0.15) is 0 Å². The zero-order chi connectivity index (χ0) is 22.7. The third kappa shape index (κ3) is 9.17. The summed E-state index contributed by atoms with van der Waals surface area (Å²) < 4.78 is 37.7. The molecule has 12 heteroatoms. The molecule has 0 saturated heterocycles. The van der Waals surface area contributed by atoms with Crippen LogP contribution < -0.4 is 72.7 Å². The predicted octanol–water partition coefficient (Wildman–Crippen LogP) is -0.950. The van der Waals surface area contributed by atoms with E-state index in [1.54, 1.807) is 12.1 Å². The Morgan fingerprint density at radius 3 is 1.39 bits per heavy atom. The molecule has 0 saturated carbocycles. The molecule has 0 amide bonds. The number of hydrogen-bond donors (Lipinski definition) is 3. The van der Waals surface area contributed by atoms with Gasteiger partial charge >= 0.3 is 74.8 Å². The molecule has 0 spiro atoms. The molecule has 33 heavy (non-hydrogen) atoms. The number of phosphoric ester groups is 2. The van der Waals surface area contributed by atoms with Crippen molar-refractivity contribution in [1.29, 1.82) is 0 Å². The zero-order valence-corrected chi connectivity index (χ0v) is 24.6. The minimum atomic E-state index is -4.70. The minimum absolute atomic E-state index is 0. The van der Waals surface area contributed by atoms with Crippen molar-refractivity contribution >= 4 is 15.6 Å². The summed E-state index contributed by atoms with van der Waals surface area (Å²) in [6.45, 7) is 4.16. The van der Waals surface area contributed by atoms with Crippen molar-refractivity contribution in [2.75, 3.05) is 0 Å². The summed E-state index contributed by atoms with van der Waals surface area (Å²) in [6, 6.07) is 21.6. The van der Waals surface area contributed by atoms with Crippen LogP contribution in [0.5, 0.6) is 17.2 Å². The van der Waals surface area contributed by atoms with E-state index >= 15 is 0 Å². The fourth-order valence-corrected chi connectivity index (χ4v) is 4.15. The maximum atomic E-state index is 12.3. The summed E-state index contributed by atoms with van der Waals surface area (Å²) in [5, 5.41) is 0. The first-order chi connectivity index (χ1) is 14.4. The van der Waals surface area contributed by atoms with Gasteiger partial charge in [-0.15, -0.1) is 0 Å². The molecular weight excluding hydrogens is 488 g/mol. The molecule has 0 bridgehead atoms. The van der Waals surface area contributed by atoms with Gasteiger partial charge in [0.2, 0.25) is 0 Å². The van der Waals surface area contributed by atoms with Crippen LogP contribution in [0.1, 0.15) is 25.0 Å². The second-order valence-corrected chi connectivity index (χ2v) is 9.69. The van der Waals surface area contributed by atoms with E-state index in [0.717, 1.165) is 11.1 Å². The maximum Gasteiger partial charge on any atom is 1.00 e. The molecule has 0 heterocycles. The summed E-state index contributed by atoms with van der Waals surface area (Å²) in [6.07, 6.45) is 0. The average molecular weight is 510 g/mol. The Labute approximate surface area is 236 Å². The van der Waals surface area contributed by atoms with Crippen molar-refractivity contribution in [2.24, 2.45) is 0 Å². The van der Waals surface area contributed by atoms with Crippen molar-refractivity contribution in [3.05, 3.63) is 90.0 Å².